The van der Waals surface area contributed by atoms with Crippen molar-refractivity contribution in [2.24, 2.45) is 0 Å². The molecule has 1 heterocycles. The van der Waals surface area contributed by atoms with Gasteiger partial charge in [0, 0.05) is 6.20 Å². The highest BCUT2D eigenvalue weighted by Crippen LogP contribution is 2.28. The number of hydrogen-bond donors (Lipinski definition) is 1. The maximum absolute atomic E-state index is 9.59. The van der Waals surface area contributed by atoms with Gasteiger partial charge in [0.1, 0.15) is 12.4 Å². The smallest absolute Gasteiger partial charge is 0.132 e. The second kappa shape index (κ2) is 6.31. The molecule has 1 atom stereocenters. The summed E-state index contributed by atoms with van der Waals surface area (Å²) in [6.45, 7) is 2.21. The summed E-state index contributed by atoms with van der Waals surface area (Å²) in [5.41, 5.74) is 1.81. The number of ether oxygens (including phenoxy) is 1. The van der Waals surface area contributed by atoms with Gasteiger partial charge in [-0.2, -0.15) is 5.10 Å². The molecule has 1 aliphatic carbocycles. The van der Waals surface area contributed by atoms with E-state index in [1.165, 1.54) is 25.7 Å². The van der Waals surface area contributed by atoms with Crippen LogP contribution in [0, 0.1) is 0 Å². The molecular formula is C17H22N2O2. The van der Waals surface area contributed by atoms with Crippen molar-refractivity contribution in [2.45, 2.75) is 51.4 Å². The van der Waals surface area contributed by atoms with E-state index in [9.17, 15) is 5.11 Å². The van der Waals surface area contributed by atoms with Gasteiger partial charge in [-0.25, -0.2) is 0 Å². The Labute approximate surface area is 125 Å². The summed E-state index contributed by atoms with van der Waals surface area (Å²) >= 11 is 0. The van der Waals surface area contributed by atoms with Crippen molar-refractivity contribution in [1.82, 2.24) is 9.78 Å². The Kier molecular flexibility index (Phi) is 4.25. The average Bonchev–Trinajstić information content (AvgIpc) is 3.16. The Morgan fingerprint density at radius 2 is 2.14 bits per heavy atom. The molecule has 2 aromatic rings. The standard InChI is InChI=1S/C17H22N2O2/c1-13(20)14-5-4-8-17(11-14)21-12-15-9-10-19(18-15)16-6-2-3-7-16/h4-5,8-11,13,16,20H,2-3,6-7,12H2,1H3. The van der Waals surface area contributed by atoms with Gasteiger partial charge >= 0.3 is 0 Å². The second-order valence-electron chi connectivity index (χ2n) is 5.76. The van der Waals surface area contributed by atoms with Crippen molar-refractivity contribution in [2.75, 3.05) is 0 Å². The molecule has 3 rings (SSSR count). The molecule has 1 aliphatic rings. The van der Waals surface area contributed by atoms with E-state index in [-0.39, 0.29) is 0 Å². The number of rotatable bonds is 5. The van der Waals surface area contributed by atoms with Crippen molar-refractivity contribution < 1.29 is 9.84 Å². The van der Waals surface area contributed by atoms with Gasteiger partial charge in [-0.1, -0.05) is 25.0 Å². The fourth-order valence-electron chi connectivity index (χ4n) is 2.85. The van der Waals surface area contributed by atoms with Crippen LogP contribution in [0.25, 0.3) is 0 Å². The molecule has 0 amide bonds. The van der Waals surface area contributed by atoms with Crippen molar-refractivity contribution >= 4 is 0 Å². The second-order valence-corrected chi connectivity index (χ2v) is 5.76. The third-order valence-electron chi connectivity index (χ3n) is 4.09. The van der Waals surface area contributed by atoms with Gasteiger partial charge in [-0.15, -0.1) is 0 Å². The molecule has 0 bridgehead atoms. The first kappa shape index (κ1) is 14.1. The van der Waals surface area contributed by atoms with Crippen molar-refractivity contribution in [1.29, 1.82) is 0 Å². The molecule has 1 aromatic heterocycles. The zero-order valence-corrected chi connectivity index (χ0v) is 12.4. The molecule has 4 nitrogen and oxygen atoms in total. The zero-order valence-electron chi connectivity index (χ0n) is 12.4. The van der Waals surface area contributed by atoms with Gasteiger partial charge in [-0.3, -0.25) is 4.68 Å². The van der Waals surface area contributed by atoms with Crippen LogP contribution in [0.5, 0.6) is 5.75 Å². The quantitative estimate of drug-likeness (QED) is 0.913. The number of aliphatic hydroxyl groups is 1. The highest BCUT2D eigenvalue weighted by Gasteiger charge is 2.17. The first-order chi connectivity index (χ1) is 10.2. The van der Waals surface area contributed by atoms with E-state index in [2.05, 4.69) is 16.0 Å². The maximum Gasteiger partial charge on any atom is 0.132 e. The van der Waals surface area contributed by atoms with Crippen LogP contribution in [-0.4, -0.2) is 14.9 Å². The van der Waals surface area contributed by atoms with Crippen molar-refractivity contribution in [3.8, 4) is 5.75 Å². The lowest BCUT2D eigenvalue weighted by molar-refractivity contribution is 0.198. The number of hydrogen-bond acceptors (Lipinski definition) is 3. The Balaban J connectivity index is 1.61. The summed E-state index contributed by atoms with van der Waals surface area (Å²) in [6.07, 6.45) is 6.66. The fraction of sp³-hybridized carbons (Fsp3) is 0.471. The predicted octanol–water partition coefficient (Wildman–Crippen LogP) is 3.63. The van der Waals surface area contributed by atoms with Crippen molar-refractivity contribution in [3.63, 3.8) is 0 Å². The fourth-order valence-corrected chi connectivity index (χ4v) is 2.85. The van der Waals surface area contributed by atoms with Crippen LogP contribution >= 0.6 is 0 Å². The summed E-state index contributed by atoms with van der Waals surface area (Å²) in [4.78, 5) is 0. The highest BCUT2D eigenvalue weighted by molar-refractivity contribution is 5.29. The molecule has 1 N–H and O–H groups in total. The third-order valence-corrected chi connectivity index (χ3v) is 4.09. The SMILES string of the molecule is CC(O)c1cccc(OCc2ccn(C3CCCC3)n2)c1. The van der Waals surface area contributed by atoms with Gasteiger partial charge < -0.3 is 9.84 Å². The van der Waals surface area contributed by atoms with Crippen LogP contribution in [0.3, 0.4) is 0 Å². The lowest BCUT2D eigenvalue weighted by Crippen LogP contribution is -2.06. The zero-order chi connectivity index (χ0) is 14.7. The molecule has 1 unspecified atom stereocenters. The van der Waals surface area contributed by atoms with E-state index in [0.717, 1.165) is 17.0 Å². The molecule has 4 heteroatoms. The summed E-state index contributed by atoms with van der Waals surface area (Å²) in [5.74, 6) is 0.767. The third kappa shape index (κ3) is 3.45. The maximum atomic E-state index is 9.59. The minimum absolute atomic E-state index is 0.461. The van der Waals surface area contributed by atoms with Crippen LogP contribution < -0.4 is 4.74 Å². The lowest BCUT2D eigenvalue weighted by atomic mass is 10.1. The lowest BCUT2D eigenvalue weighted by Gasteiger charge is -2.10. The van der Waals surface area contributed by atoms with E-state index in [1.54, 1.807) is 6.92 Å². The van der Waals surface area contributed by atoms with E-state index in [0.29, 0.717) is 12.6 Å². The van der Waals surface area contributed by atoms with Gasteiger partial charge in [0.05, 0.1) is 17.8 Å². The minimum Gasteiger partial charge on any atom is -0.487 e. The minimum atomic E-state index is -0.477. The van der Waals surface area contributed by atoms with E-state index in [1.807, 2.05) is 30.3 Å². The molecule has 0 saturated heterocycles. The van der Waals surface area contributed by atoms with E-state index < -0.39 is 6.10 Å². The molecule has 0 aliphatic heterocycles. The van der Waals surface area contributed by atoms with E-state index >= 15 is 0 Å². The summed E-state index contributed by atoms with van der Waals surface area (Å²) < 4.78 is 7.85. The normalized spacial score (nSPS) is 17.0. The van der Waals surface area contributed by atoms with E-state index in [4.69, 9.17) is 4.74 Å². The highest BCUT2D eigenvalue weighted by atomic mass is 16.5. The monoisotopic (exact) mass is 286 g/mol. The largest absolute Gasteiger partial charge is 0.487 e. The van der Waals surface area contributed by atoms with Crippen LogP contribution in [0.15, 0.2) is 36.5 Å². The Hall–Kier alpha value is -1.81. The molecule has 1 aromatic carbocycles. The molecule has 112 valence electrons. The summed E-state index contributed by atoms with van der Waals surface area (Å²) in [7, 11) is 0. The van der Waals surface area contributed by atoms with Crippen LogP contribution in [0.4, 0.5) is 0 Å². The number of aromatic nitrogens is 2. The van der Waals surface area contributed by atoms with Crippen molar-refractivity contribution in [3.05, 3.63) is 47.8 Å². The Bertz CT molecular complexity index is 586. The molecule has 0 spiro atoms. The van der Waals surface area contributed by atoms with Gasteiger partial charge in [0.15, 0.2) is 0 Å². The molecule has 0 radical (unpaired) electrons. The number of benzene rings is 1. The van der Waals surface area contributed by atoms with Crippen LogP contribution in [0.1, 0.15) is 56.0 Å². The first-order valence-electron chi connectivity index (χ1n) is 7.67. The van der Waals surface area contributed by atoms with Gasteiger partial charge in [0.25, 0.3) is 0 Å². The van der Waals surface area contributed by atoms with Gasteiger partial charge in [0.2, 0.25) is 0 Å². The van der Waals surface area contributed by atoms with Crippen LogP contribution in [-0.2, 0) is 6.61 Å². The first-order valence-corrected chi connectivity index (χ1v) is 7.67. The van der Waals surface area contributed by atoms with Crippen LogP contribution in [0.2, 0.25) is 0 Å². The molecule has 1 fully saturated rings. The predicted molar refractivity (Wildman–Crippen MR) is 81.1 cm³/mol. The Morgan fingerprint density at radius 3 is 2.90 bits per heavy atom. The number of aliphatic hydroxyl groups excluding tert-OH is 1. The topological polar surface area (TPSA) is 47.3 Å². The Morgan fingerprint density at radius 1 is 1.33 bits per heavy atom. The molecular weight excluding hydrogens is 264 g/mol. The average molecular weight is 286 g/mol. The number of nitrogens with zero attached hydrogens (tertiary/aromatic N) is 2. The molecule has 1 saturated carbocycles. The summed E-state index contributed by atoms with van der Waals surface area (Å²) in [6, 6.07) is 10.2. The summed E-state index contributed by atoms with van der Waals surface area (Å²) in [5, 5.41) is 14.2. The van der Waals surface area contributed by atoms with Gasteiger partial charge in [-0.05, 0) is 43.5 Å². The molecule has 21 heavy (non-hydrogen) atoms.